The monoisotopic (exact) mass is 259 g/mol. The number of hydrogen-bond acceptors (Lipinski definition) is 3. The molecule has 0 aliphatic carbocycles. The number of aryl methyl sites for hydroxylation is 1. The lowest BCUT2D eigenvalue weighted by Crippen LogP contribution is -2.32. The van der Waals surface area contributed by atoms with Crippen molar-refractivity contribution in [1.29, 1.82) is 0 Å². The van der Waals surface area contributed by atoms with Gasteiger partial charge in [-0.15, -0.1) is 0 Å². The molecule has 0 fully saturated rings. The Kier molecular flexibility index (Phi) is 4.22. The van der Waals surface area contributed by atoms with Crippen LogP contribution in [-0.2, 0) is 0 Å². The molecule has 2 atom stereocenters. The van der Waals surface area contributed by atoms with Crippen molar-refractivity contribution in [3.05, 3.63) is 47.8 Å². The number of hydrogen-bond donors (Lipinski definition) is 1. The van der Waals surface area contributed by atoms with Gasteiger partial charge in [0.2, 0.25) is 0 Å². The van der Waals surface area contributed by atoms with E-state index in [0.717, 1.165) is 23.4 Å². The maximum Gasteiger partial charge on any atom is 0.119 e. The van der Waals surface area contributed by atoms with Gasteiger partial charge < -0.3 is 10.5 Å². The fourth-order valence-electron chi connectivity index (χ4n) is 2.23. The summed E-state index contributed by atoms with van der Waals surface area (Å²) in [6.07, 6.45) is 2.87. The van der Waals surface area contributed by atoms with E-state index in [2.05, 4.69) is 18.1 Å². The van der Waals surface area contributed by atoms with Crippen LogP contribution >= 0.6 is 0 Å². The Morgan fingerprint density at radius 3 is 2.74 bits per heavy atom. The Balaban J connectivity index is 2.42. The van der Waals surface area contributed by atoms with Crippen molar-refractivity contribution in [2.45, 2.75) is 32.4 Å². The molecule has 2 unspecified atom stereocenters. The van der Waals surface area contributed by atoms with Gasteiger partial charge >= 0.3 is 0 Å². The van der Waals surface area contributed by atoms with Crippen LogP contribution in [0.5, 0.6) is 5.75 Å². The molecule has 19 heavy (non-hydrogen) atoms. The maximum absolute atomic E-state index is 6.28. The number of rotatable bonds is 5. The number of benzene rings is 1. The van der Waals surface area contributed by atoms with Gasteiger partial charge in [-0.2, -0.15) is 5.10 Å². The summed E-state index contributed by atoms with van der Waals surface area (Å²) in [4.78, 5) is 0. The lowest BCUT2D eigenvalue weighted by molar-refractivity contribution is 0.404. The molecule has 0 amide bonds. The molecule has 0 bridgehead atoms. The van der Waals surface area contributed by atoms with Crippen molar-refractivity contribution in [3.63, 3.8) is 0 Å². The van der Waals surface area contributed by atoms with Crippen LogP contribution in [0.25, 0.3) is 0 Å². The van der Waals surface area contributed by atoms with E-state index in [4.69, 9.17) is 10.5 Å². The first-order chi connectivity index (χ1) is 9.15. The highest BCUT2D eigenvalue weighted by Gasteiger charge is 2.21. The van der Waals surface area contributed by atoms with E-state index in [1.165, 1.54) is 0 Å². The van der Waals surface area contributed by atoms with Crippen LogP contribution in [0.2, 0.25) is 0 Å². The van der Waals surface area contributed by atoms with Gasteiger partial charge in [-0.3, -0.25) is 4.68 Å². The van der Waals surface area contributed by atoms with Crippen molar-refractivity contribution in [2.24, 2.45) is 5.73 Å². The lowest BCUT2D eigenvalue weighted by atomic mass is 9.98. The zero-order valence-corrected chi connectivity index (χ0v) is 11.7. The molecule has 0 saturated heterocycles. The average molecular weight is 259 g/mol. The third-order valence-electron chi connectivity index (χ3n) is 3.34. The van der Waals surface area contributed by atoms with E-state index in [-0.39, 0.29) is 12.1 Å². The first kappa shape index (κ1) is 13.6. The molecule has 1 aromatic carbocycles. The first-order valence-corrected chi connectivity index (χ1v) is 6.57. The van der Waals surface area contributed by atoms with E-state index < -0.39 is 0 Å². The predicted octanol–water partition coefficient (Wildman–Crippen LogP) is 2.53. The normalized spacial score (nSPS) is 14.1. The molecule has 0 aliphatic heterocycles. The van der Waals surface area contributed by atoms with E-state index in [1.54, 1.807) is 7.11 Å². The first-order valence-electron chi connectivity index (χ1n) is 6.57. The van der Waals surface area contributed by atoms with Crippen LogP contribution in [0.4, 0.5) is 0 Å². The SMILES string of the molecule is CCC(N)C(c1cccc(OC)c1)n1ccc(C)n1. The standard InChI is InChI=1S/C15H21N3O/c1-4-14(16)15(18-9-8-11(2)17-18)12-6-5-7-13(10-12)19-3/h5-10,14-15H,4,16H2,1-3H3. The molecule has 2 N–H and O–H groups in total. The van der Waals surface area contributed by atoms with Crippen molar-refractivity contribution in [1.82, 2.24) is 9.78 Å². The fraction of sp³-hybridized carbons (Fsp3) is 0.400. The Bertz CT molecular complexity index is 536. The summed E-state index contributed by atoms with van der Waals surface area (Å²) in [6.45, 7) is 4.07. The minimum atomic E-state index is 0.0198. The largest absolute Gasteiger partial charge is 0.497 e. The summed E-state index contributed by atoms with van der Waals surface area (Å²) in [5, 5.41) is 4.51. The van der Waals surface area contributed by atoms with Crippen LogP contribution in [0.1, 0.15) is 30.6 Å². The van der Waals surface area contributed by atoms with Crippen molar-refractivity contribution < 1.29 is 4.74 Å². The van der Waals surface area contributed by atoms with Crippen LogP contribution in [-0.4, -0.2) is 22.9 Å². The zero-order chi connectivity index (χ0) is 13.8. The smallest absolute Gasteiger partial charge is 0.119 e. The number of aromatic nitrogens is 2. The van der Waals surface area contributed by atoms with Gasteiger partial charge in [-0.1, -0.05) is 19.1 Å². The summed E-state index contributed by atoms with van der Waals surface area (Å²) >= 11 is 0. The van der Waals surface area contributed by atoms with Crippen molar-refractivity contribution in [3.8, 4) is 5.75 Å². The molecule has 1 heterocycles. The summed E-state index contributed by atoms with van der Waals surface area (Å²) in [7, 11) is 1.67. The Hall–Kier alpha value is -1.81. The highest BCUT2D eigenvalue weighted by Crippen LogP contribution is 2.25. The molecule has 0 aliphatic rings. The minimum absolute atomic E-state index is 0.0198. The molecule has 4 heteroatoms. The van der Waals surface area contributed by atoms with Gasteiger partial charge in [0.05, 0.1) is 18.8 Å². The van der Waals surface area contributed by atoms with Crippen LogP contribution in [0.3, 0.4) is 0 Å². The highest BCUT2D eigenvalue weighted by atomic mass is 16.5. The second kappa shape index (κ2) is 5.89. The Morgan fingerprint density at radius 2 is 2.16 bits per heavy atom. The second-order valence-corrected chi connectivity index (χ2v) is 4.73. The summed E-state index contributed by atoms with van der Waals surface area (Å²) in [5.41, 5.74) is 8.40. The van der Waals surface area contributed by atoms with Crippen molar-refractivity contribution in [2.75, 3.05) is 7.11 Å². The van der Waals surface area contributed by atoms with Crippen LogP contribution < -0.4 is 10.5 Å². The lowest BCUT2D eigenvalue weighted by Gasteiger charge is -2.24. The number of nitrogens with zero attached hydrogens (tertiary/aromatic N) is 2. The maximum atomic E-state index is 6.28. The molecule has 1 aromatic heterocycles. The van der Waals surface area contributed by atoms with Crippen molar-refractivity contribution >= 4 is 0 Å². The highest BCUT2D eigenvalue weighted by molar-refractivity contribution is 5.31. The Labute approximate surface area is 114 Å². The molecule has 0 spiro atoms. The van der Waals surface area contributed by atoms with Gasteiger partial charge in [0.1, 0.15) is 5.75 Å². The molecule has 0 radical (unpaired) electrons. The molecule has 4 nitrogen and oxygen atoms in total. The molecule has 0 saturated carbocycles. The number of nitrogens with two attached hydrogens (primary N) is 1. The quantitative estimate of drug-likeness (QED) is 0.897. The van der Waals surface area contributed by atoms with E-state index >= 15 is 0 Å². The molecular weight excluding hydrogens is 238 g/mol. The summed E-state index contributed by atoms with van der Waals surface area (Å²) in [6, 6.07) is 10.1. The average Bonchev–Trinajstić information content (AvgIpc) is 2.85. The van der Waals surface area contributed by atoms with Gasteiger partial charge in [0.25, 0.3) is 0 Å². The van der Waals surface area contributed by atoms with E-state index in [0.29, 0.717) is 0 Å². The van der Waals surface area contributed by atoms with Gasteiger partial charge in [-0.05, 0) is 37.1 Å². The molecule has 2 rings (SSSR count). The molecule has 2 aromatic rings. The topological polar surface area (TPSA) is 53.1 Å². The van der Waals surface area contributed by atoms with Gasteiger partial charge in [0.15, 0.2) is 0 Å². The van der Waals surface area contributed by atoms with E-state index in [9.17, 15) is 0 Å². The number of ether oxygens (including phenoxy) is 1. The third-order valence-corrected chi connectivity index (χ3v) is 3.34. The third kappa shape index (κ3) is 2.96. The fourth-order valence-corrected chi connectivity index (χ4v) is 2.23. The zero-order valence-electron chi connectivity index (χ0n) is 11.7. The predicted molar refractivity (Wildman–Crippen MR) is 76.4 cm³/mol. The minimum Gasteiger partial charge on any atom is -0.497 e. The van der Waals surface area contributed by atoms with Crippen LogP contribution in [0.15, 0.2) is 36.5 Å². The second-order valence-electron chi connectivity index (χ2n) is 4.73. The van der Waals surface area contributed by atoms with E-state index in [1.807, 2.05) is 42.1 Å². The molecule has 102 valence electrons. The van der Waals surface area contributed by atoms with Crippen LogP contribution in [0, 0.1) is 6.92 Å². The van der Waals surface area contributed by atoms with Gasteiger partial charge in [0, 0.05) is 12.2 Å². The summed E-state index contributed by atoms with van der Waals surface area (Å²) < 4.78 is 7.23. The summed E-state index contributed by atoms with van der Waals surface area (Å²) in [5.74, 6) is 0.842. The molecular formula is C15H21N3O. The number of methoxy groups -OCH3 is 1. The van der Waals surface area contributed by atoms with Gasteiger partial charge in [-0.25, -0.2) is 0 Å². The Morgan fingerprint density at radius 1 is 1.37 bits per heavy atom.